The highest BCUT2D eigenvalue weighted by molar-refractivity contribution is 7.89. The summed E-state index contributed by atoms with van der Waals surface area (Å²) in [5.74, 6) is 1.67. The largest absolute Gasteiger partial charge is 0.497 e. The van der Waals surface area contributed by atoms with Crippen LogP contribution in [0.15, 0.2) is 51.9 Å². The van der Waals surface area contributed by atoms with Crippen molar-refractivity contribution in [2.75, 3.05) is 33.3 Å². The Bertz CT molecular complexity index is 1250. The van der Waals surface area contributed by atoms with Gasteiger partial charge in [-0.3, -0.25) is 4.90 Å². The lowest BCUT2D eigenvalue weighted by molar-refractivity contribution is 0.163. The first-order chi connectivity index (χ1) is 15.4. The van der Waals surface area contributed by atoms with E-state index in [2.05, 4.69) is 10.1 Å². The maximum atomic E-state index is 13.0. The van der Waals surface area contributed by atoms with Crippen molar-refractivity contribution in [3.8, 4) is 23.2 Å². The molecule has 4 rings (SSSR count). The molecule has 1 aromatic heterocycles. The second-order valence-corrected chi connectivity index (χ2v) is 9.52. The predicted octanol–water partition coefficient (Wildman–Crippen LogP) is 2.78. The number of nitrogens with zero attached hydrogens (tertiary/aromatic N) is 5. The van der Waals surface area contributed by atoms with Gasteiger partial charge in [0.05, 0.1) is 19.2 Å². The van der Waals surface area contributed by atoms with Crippen molar-refractivity contribution in [1.29, 1.82) is 5.26 Å². The molecule has 3 aromatic rings. The molecule has 1 fully saturated rings. The molecule has 0 aliphatic carbocycles. The molecule has 2 heterocycles. The number of hydrogen-bond donors (Lipinski definition) is 0. The van der Waals surface area contributed by atoms with Gasteiger partial charge in [-0.05, 0) is 42.5 Å². The molecule has 0 unspecified atom stereocenters. The van der Waals surface area contributed by atoms with Crippen molar-refractivity contribution in [3.05, 3.63) is 58.9 Å². The van der Waals surface area contributed by atoms with Gasteiger partial charge >= 0.3 is 0 Å². The van der Waals surface area contributed by atoms with Gasteiger partial charge in [-0.2, -0.15) is 14.6 Å². The van der Waals surface area contributed by atoms with Crippen LogP contribution in [0.1, 0.15) is 11.5 Å². The van der Waals surface area contributed by atoms with E-state index < -0.39 is 10.0 Å². The van der Waals surface area contributed by atoms with E-state index in [0.717, 1.165) is 11.3 Å². The highest BCUT2D eigenvalue weighted by atomic mass is 35.5. The fraction of sp³-hybridized carbons (Fsp3) is 0.286. The van der Waals surface area contributed by atoms with Gasteiger partial charge in [0.1, 0.15) is 16.7 Å². The minimum absolute atomic E-state index is 0.0676. The molecule has 9 nitrogen and oxygen atoms in total. The van der Waals surface area contributed by atoms with Crippen LogP contribution in [0, 0.1) is 11.3 Å². The Labute approximate surface area is 190 Å². The molecule has 0 spiro atoms. The molecular weight excluding hydrogens is 454 g/mol. The predicted molar refractivity (Wildman–Crippen MR) is 116 cm³/mol. The summed E-state index contributed by atoms with van der Waals surface area (Å²) in [6.45, 7) is 1.94. The monoisotopic (exact) mass is 473 g/mol. The van der Waals surface area contributed by atoms with Crippen LogP contribution in [0.2, 0.25) is 5.02 Å². The molecule has 2 aromatic carbocycles. The number of piperazine rings is 1. The summed E-state index contributed by atoms with van der Waals surface area (Å²) in [7, 11) is -2.22. The van der Waals surface area contributed by atoms with Crippen molar-refractivity contribution < 1.29 is 17.7 Å². The summed E-state index contributed by atoms with van der Waals surface area (Å²) in [6.07, 6.45) is 0. The molecule has 0 N–H and O–H groups in total. The fourth-order valence-corrected chi connectivity index (χ4v) is 5.26. The molecule has 0 atom stereocenters. The van der Waals surface area contributed by atoms with E-state index >= 15 is 0 Å². The third-order valence-electron chi connectivity index (χ3n) is 5.19. The molecule has 0 bridgehead atoms. The number of rotatable bonds is 6. The molecular formula is C21H20ClN5O4S. The third kappa shape index (κ3) is 4.61. The van der Waals surface area contributed by atoms with Gasteiger partial charge in [0.25, 0.3) is 0 Å². The summed E-state index contributed by atoms with van der Waals surface area (Å²) in [5.41, 5.74) is 0.889. The van der Waals surface area contributed by atoms with E-state index in [9.17, 15) is 13.7 Å². The van der Waals surface area contributed by atoms with Crippen LogP contribution in [0.5, 0.6) is 5.75 Å². The number of ether oxygens (including phenoxy) is 1. The van der Waals surface area contributed by atoms with Crippen molar-refractivity contribution in [2.24, 2.45) is 0 Å². The summed E-state index contributed by atoms with van der Waals surface area (Å²) in [6, 6.07) is 13.5. The maximum Gasteiger partial charge on any atom is 0.244 e. The zero-order valence-electron chi connectivity index (χ0n) is 17.2. The average molecular weight is 474 g/mol. The number of nitriles is 1. The van der Waals surface area contributed by atoms with Crippen LogP contribution in [0.25, 0.3) is 11.4 Å². The van der Waals surface area contributed by atoms with Crippen molar-refractivity contribution >= 4 is 21.6 Å². The fourth-order valence-electron chi connectivity index (χ4n) is 3.44. The minimum atomic E-state index is -3.82. The Kier molecular flexibility index (Phi) is 6.43. The average Bonchev–Trinajstić information content (AvgIpc) is 3.28. The molecule has 11 heteroatoms. The number of aromatic nitrogens is 2. The number of methoxy groups -OCH3 is 1. The Balaban J connectivity index is 1.40. The zero-order chi connectivity index (χ0) is 22.7. The molecule has 1 aliphatic heterocycles. The molecule has 0 amide bonds. The van der Waals surface area contributed by atoms with Crippen LogP contribution in [-0.2, 0) is 16.6 Å². The van der Waals surface area contributed by atoms with Gasteiger partial charge < -0.3 is 9.26 Å². The van der Waals surface area contributed by atoms with Gasteiger partial charge in [0.15, 0.2) is 0 Å². The Hall–Kier alpha value is -2.97. The molecule has 32 heavy (non-hydrogen) atoms. The van der Waals surface area contributed by atoms with E-state index in [1.165, 1.54) is 22.5 Å². The van der Waals surface area contributed by atoms with E-state index in [1.807, 2.05) is 35.2 Å². The van der Waals surface area contributed by atoms with E-state index in [4.69, 9.17) is 20.9 Å². The highest BCUT2D eigenvalue weighted by Gasteiger charge is 2.31. The van der Waals surface area contributed by atoms with Gasteiger partial charge in [0, 0.05) is 36.8 Å². The van der Waals surface area contributed by atoms with Gasteiger partial charge in [-0.25, -0.2) is 8.42 Å². The van der Waals surface area contributed by atoms with Crippen LogP contribution in [-0.4, -0.2) is 61.1 Å². The van der Waals surface area contributed by atoms with E-state index in [1.54, 1.807) is 7.11 Å². The Morgan fingerprint density at radius 1 is 1.16 bits per heavy atom. The lowest BCUT2D eigenvalue weighted by atomic mass is 10.2. The van der Waals surface area contributed by atoms with Crippen LogP contribution < -0.4 is 4.74 Å². The standard InChI is InChI=1S/C21H20ClN5O4S/c1-30-18-6-3-15(4-7-18)21-24-20(31-25-21)14-26-8-10-27(11-9-26)32(28,29)19-12-17(22)5-2-16(19)13-23/h2-7,12H,8-11,14H2,1H3. The molecule has 0 saturated carbocycles. The summed E-state index contributed by atoms with van der Waals surface area (Å²) in [4.78, 5) is 6.41. The lowest BCUT2D eigenvalue weighted by Gasteiger charge is -2.33. The van der Waals surface area contributed by atoms with Crippen LogP contribution >= 0.6 is 11.6 Å². The minimum Gasteiger partial charge on any atom is -0.497 e. The Morgan fingerprint density at radius 2 is 1.88 bits per heavy atom. The second kappa shape index (κ2) is 9.26. The number of benzene rings is 2. The topological polar surface area (TPSA) is 113 Å². The van der Waals surface area contributed by atoms with Gasteiger partial charge in [-0.1, -0.05) is 16.8 Å². The van der Waals surface area contributed by atoms with Gasteiger partial charge in [0.2, 0.25) is 21.7 Å². The highest BCUT2D eigenvalue weighted by Crippen LogP contribution is 2.25. The maximum absolute atomic E-state index is 13.0. The first-order valence-corrected chi connectivity index (χ1v) is 11.6. The van der Waals surface area contributed by atoms with Crippen molar-refractivity contribution in [2.45, 2.75) is 11.4 Å². The summed E-state index contributed by atoms with van der Waals surface area (Å²) in [5, 5.41) is 13.6. The first kappa shape index (κ1) is 22.2. The lowest BCUT2D eigenvalue weighted by Crippen LogP contribution is -2.48. The van der Waals surface area contributed by atoms with E-state index in [0.29, 0.717) is 31.3 Å². The Morgan fingerprint density at radius 3 is 2.53 bits per heavy atom. The smallest absolute Gasteiger partial charge is 0.244 e. The van der Waals surface area contributed by atoms with Gasteiger partial charge in [-0.15, -0.1) is 0 Å². The SMILES string of the molecule is COc1ccc(-c2noc(CN3CCN(S(=O)(=O)c4cc(Cl)ccc4C#N)CC3)n2)cc1. The molecule has 1 aliphatic rings. The molecule has 166 valence electrons. The summed E-state index contributed by atoms with van der Waals surface area (Å²) < 4.78 is 38.0. The van der Waals surface area contributed by atoms with E-state index in [-0.39, 0.29) is 28.6 Å². The number of hydrogen-bond acceptors (Lipinski definition) is 8. The first-order valence-electron chi connectivity index (χ1n) is 9.80. The zero-order valence-corrected chi connectivity index (χ0v) is 18.8. The number of sulfonamides is 1. The van der Waals surface area contributed by atoms with Crippen LogP contribution in [0.4, 0.5) is 0 Å². The van der Waals surface area contributed by atoms with Crippen molar-refractivity contribution in [3.63, 3.8) is 0 Å². The third-order valence-corrected chi connectivity index (χ3v) is 7.36. The number of halogens is 1. The molecule has 0 radical (unpaired) electrons. The summed E-state index contributed by atoms with van der Waals surface area (Å²) >= 11 is 5.96. The van der Waals surface area contributed by atoms with Crippen LogP contribution in [0.3, 0.4) is 0 Å². The molecule has 1 saturated heterocycles. The quantitative estimate of drug-likeness (QED) is 0.537. The second-order valence-electron chi connectivity index (χ2n) is 7.17. The normalized spacial score (nSPS) is 15.4. The van der Waals surface area contributed by atoms with Crippen molar-refractivity contribution in [1.82, 2.24) is 19.3 Å².